The fraction of sp³-hybridized carbons (Fsp3) is 0.0909. The van der Waals surface area contributed by atoms with Crippen LogP contribution in [-0.2, 0) is 6.42 Å². The minimum absolute atomic E-state index is 0.306. The molecule has 0 aliphatic rings. The zero-order valence-electron chi connectivity index (χ0n) is 8.60. The summed E-state index contributed by atoms with van der Waals surface area (Å²) in [5.41, 5.74) is 7.99. The highest BCUT2D eigenvalue weighted by molar-refractivity contribution is 6.32. The Bertz CT molecular complexity index is 504. The molecule has 2 aromatic heterocycles. The molecule has 2 rings (SSSR count). The van der Waals surface area contributed by atoms with Crippen LogP contribution in [0.15, 0.2) is 37.2 Å². The molecule has 0 saturated carbocycles. The highest BCUT2D eigenvalue weighted by atomic mass is 35.5. The van der Waals surface area contributed by atoms with Gasteiger partial charge in [0, 0.05) is 12.6 Å². The second-order valence-electron chi connectivity index (χ2n) is 3.27. The number of halogens is 1. The minimum atomic E-state index is 0.306. The molecule has 0 unspecified atom stereocenters. The number of nitrogens with zero attached hydrogens (tertiary/aromatic N) is 3. The molecule has 0 amide bonds. The van der Waals surface area contributed by atoms with E-state index in [2.05, 4.69) is 16.7 Å². The quantitative estimate of drug-likeness (QED) is 0.829. The Hall–Kier alpha value is -1.81. The number of pyridine rings is 1. The van der Waals surface area contributed by atoms with Crippen LogP contribution in [0.4, 0.5) is 5.69 Å². The van der Waals surface area contributed by atoms with E-state index in [0.29, 0.717) is 17.3 Å². The fourth-order valence-corrected chi connectivity index (χ4v) is 1.65. The molecule has 0 aliphatic heterocycles. The van der Waals surface area contributed by atoms with Crippen molar-refractivity contribution in [3.63, 3.8) is 0 Å². The van der Waals surface area contributed by atoms with Crippen molar-refractivity contribution < 1.29 is 0 Å². The maximum atomic E-state index is 5.91. The van der Waals surface area contributed by atoms with Crippen molar-refractivity contribution in [3.05, 3.63) is 48.0 Å². The van der Waals surface area contributed by atoms with Crippen molar-refractivity contribution >= 4 is 17.3 Å². The Labute approximate surface area is 98.4 Å². The SMILES string of the molecule is C=CCc1c(N)c(Cl)nn1-c1cccnc1. The third-order valence-corrected chi connectivity index (χ3v) is 2.48. The molecule has 0 spiro atoms. The summed E-state index contributed by atoms with van der Waals surface area (Å²) in [4.78, 5) is 4.03. The lowest BCUT2D eigenvalue weighted by Gasteiger charge is -2.05. The number of rotatable bonds is 3. The van der Waals surface area contributed by atoms with Gasteiger partial charge in [0.2, 0.25) is 0 Å². The lowest BCUT2D eigenvalue weighted by atomic mass is 10.2. The lowest BCUT2D eigenvalue weighted by molar-refractivity contribution is 0.825. The van der Waals surface area contributed by atoms with E-state index < -0.39 is 0 Å². The second kappa shape index (κ2) is 4.37. The summed E-state index contributed by atoms with van der Waals surface area (Å²) in [5, 5.41) is 4.47. The van der Waals surface area contributed by atoms with Crippen LogP contribution in [0, 0.1) is 0 Å². The average molecular weight is 235 g/mol. The van der Waals surface area contributed by atoms with Gasteiger partial charge in [-0.05, 0) is 12.1 Å². The normalized spacial score (nSPS) is 10.3. The van der Waals surface area contributed by atoms with Gasteiger partial charge in [-0.25, -0.2) is 4.68 Å². The van der Waals surface area contributed by atoms with E-state index in [0.717, 1.165) is 11.4 Å². The first-order valence-electron chi connectivity index (χ1n) is 4.78. The summed E-state index contributed by atoms with van der Waals surface area (Å²) in [6.07, 6.45) is 5.78. The van der Waals surface area contributed by atoms with Crippen molar-refractivity contribution in [2.75, 3.05) is 5.73 Å². The van der Waals surface area contributed by atoms with Crippen LogP contribution in [0.3, 0.4) is 0 Å². The third kappa shape index (κ3) is 1.79. The Balaban J connectivity index is 2.56. The molecule has 0 bridgehead atoms. The zero-order valence-corrected chi connectivity index (χ0v) is 9.35. The Morgan fingerprint density at radius 1 is 1.56 bits per heavy atom. The summed E-state index contributed by atoms with van der Waals surface area (Å²) in [6.45, 7) is 3.69. The predicted octanol–water partition coefficient (Wildman–Crippen LogP) is 2.23. The lowest BCUT2D eigenvalue weighted by Crippen LogP contribution is -2.03. The molecule has 82 valence electrons. The summed E-state index contributed by atoms with van der Waals surface area (Å²) < 4.78 is 1.69. The van der Waals surface area contributed by atoms with Gasteiger partial charge in [0.15, 0.2) is 5.15 Å². The molecular weight excluding hydrogens is 224 g/mol. The largest absolute Gasteiger partial charge is 0.395 e. The molecule has 16 heavy (non-hydrogen) atoms. The maximum absolute atomic E-state index is 5.91. The van der Waals surface area contributed by atoms with E-state index in [9.17, 15) is 0 Å². The van der Waals surface area contributed by atoms with Crippen molar-refractivity contribution in [1.82, 2.24) is 14.8 Å². The van der Waals surface area contributed by atoms with Gasteiger partial charge < -0.3 is 5.73 Å². The van der Waals surface area contributed by atoms with Gasteiger partial charge >= 0.3 is 0 Å². The molecule has 0 fully saturated rings. The molecule has 0 radical (unpaired) electrons. The highest BCUT2D eigenvalue weighted by Gasteiger charge is 2.13. The van der Waals surface area contributed by atoms with Crippen LogP contribution in [0.5, 0.6) is 0 Å². The van der Waals surface area contributed by atoms with Crippen molar-refractivity contribution in [2.24, 2.45) is 0 Å². The van der Waals surface area contributed by atoms with E-state index in [1.54, 1.807) is 23.2 Å². The van der Waals surface area contributed by atoms with Gasteiger partial charge in [0.1, 0.15) is 0 Å². The summed E-state index contributed by atoms with van der Waals surface area (Å²) in [5.74, 6) is 0. The minimum Gasteiger partial charge on any atom is -0.395 e. The number of allylic oxidation sites excluding steroid dienone is 1. The number of nitrogen functional groups attached to an aromatic ring is 1. The Morgan fingerprint density at radius 2 is 2.38 bits per heavy atom. The average Bonchev–Trinajstić information content (AvgIpc) is 2.59. The molecule has 4 nitrogen and oxygen atoms in total. The first kappa shape index (κ1) is 10.7. The first-order valence-corrected chi connectivity index (χ1v) is 5.16. The molecule has 2 heterocycles. The number of aromatic nitrogens is 3. The van der Waals surface area contributed by atoms with E-state index in [1.807, 2.05) is 12.1 Å². The standard InChI is InChI=1S/C11H11ClN4/c1-2-4-9-10(13)11(12)15-16(9)8-5-3-6-14-7-8/h2-3,5-7H,1,4,13H2. The number of anilines is 1. The second-order valence-corrected chi connectivity index (χ2v) is 3.63. The van der Waals surface area contributed by atoms with Gasteiger partial charge in [0.25, 0.3) is 0 Å². The molecule has 0 atom stereocenters. The van der Waals surface area contributed by atoms with E-state index >= 15 is 0 Å². The topological polar surface area (TPSA) is 56.7 Å². The van der Waals surface area contributed by atoms with Crippen LogP contribution < -0.4 is 5.73 Å². The Morgan fingerprint density at radius 3 is 3.00 bits per heavy atom. The van der Waals surface area contributed by atoms with Gasteiger partial charge in [-0.1, -0.05) is 17.7 Å². The molecule has 2 N–H and O–H groups in total. The monoisotopic (exact) mass is 234 g/mol. The van der Waals surface area contributed by atoms with Gasteiger partial charge in [0.05, 0.1) is 23.3 Å². The van der Waals surface area contributed by atoms with Crippen LogP contribution in [0.2, 0.25) is 5.15 Å². The smallest absolute Gasteiger partial charge is 0.174 e. The summed E-state index contributed by atoms with van der Waals surface area (Å²) in [6, 6.07) is 3.72. The molecule has 0 saturated heterocycles. The molecule has 5 heteroatoms. The van der Waals surface area contributed by atoms with Crippen LogP contribution >= 0.6 is 11.6 Å². The van der Waals surface area contributed by atoms with E-state index in [1.165, 1.54) is 0 Å². The van der Waals surface area contributed by atoms with E-state index in [4.69, 9.17) is 17.3 Å². The summed E-state index contributed by atoms with van der Waals surface area (Å²) in [7, 11) is 0. The zero-order chi connectivity index (χ0) is 11.5. The molecule has 0 aromatic carbocycles. The van der Waals surface area contributed by atoms with Crippen molar-refractivity contribution in [1.29, 1.82) is 0 Å². The van der Waals surface area contributed by atoms with Crippen molar-refractivity contribution in [3.8, 4) is 5.69 Å². The van der Waals surface area contributed by atoms with Crippen LogP contribution in [0.1, 0.15) is 5.69 Å². The van der Waals surface area contributed by atoms with Gasteiger partial charge in [-0.3, -0.25) is 4.98 Å². The molecular formula is C11H11ClN4. The van der Waals surface area contributed by atoms with Gasteiger partial charge in [-0.15, -0.1) is 6.58 Å². The van der Waals surface area contributed by atoms with E-state index in [-0.39, 0.29) is 0 Å². The van der Waals surface area contributed by atoms with Crippen LogP contribution in [-0.4, -0.2) is 14.8 Å². The maximum Gasteiger partial charge on any atom is 0.174 e. The predicted molar refractivity (Wildman–Crippen MR) is 64.7 cm³/mol. The number of nitrogens with two attached hydrogens (primary N) is 1. The summed E-state index contributed by atoms with van der Waals surface area (Å²) >= 11 is 5.91. The highest BCUT2D eigenvalue weighted by Crippen LogP contribution is 2.25. The first-order chi connectivity index (χ1) is 7.74. The molecule has 2 aromatic rings. The number of hydrogen-bond acceptors (Lipinski definition) is 3. The van der Waals surface area contributed by atoms with Gasteiger partial charge in [-0.2, -0.15) is 5.10 Å². The molecule has 0 aliphatic carbocycles. The van der Waals surface area contributed by atoms with Crippen LogP contribution in [0.25, 0.3) is 5.69 Å². The third-order valence-electron chi connectivity index (χ3n) is 2.20. The van der Waals surface area contributed by atoms with Crippen molar-refractivity contribution in [2.45, 2.75) is 6.42 Å². The number of hydrogen-bond donors (Lipinski definition) is 1. The Kier molecular flexibility index (Phi) is 2.92. The fourth-order valence-electron chi connectivity index (χ4n) is 1.46.